The highest BCUT2D eigenvalue weighted by Crippen LogP contribution is 2.11. The van der Waals surface area contributed by atoms with Gasteiger partial charge in [-0.3, -0.25) is 19.3 Å². The highest BCUT2D eigenvalue weighted by Gasteiger charge is 2.32. The molecule has 0 aliphatic carbocycles. The number of nitrogens with zero attached hydrogens (tertiary/aromatic N) is 1. The zero-order valence-electron chi connectivity index (χ0n) is 8.52. The number of likely N-dealkylation sites (tertiary alicyclic amines) is 1. The van der Waals surface area contributed by atoms with Crippen molar-refractivity contribution in [1.82, 2.24) is 10.2 Å². The molecule has 1 unspecified atom stereocenters. The number of nitrogens with one attached hydrogen (secondary N) is 1. The van der Waals surface area contributed by atoms with Gasteiger partial charge in [-0.25, -0.2) is 0 Å². The molecule has 0 bridgehead atoms. The fourth-order valence-electron chi connectivity index (χ4n) is 1.49. The average Bonchev–Trinajstić information content (AvgIpc) is 2.48. The smallest absolute Gasteiger partial charge is 0.322 e. The number of carbonyl (C=O) groups excluding carboxylic acids is 2. The van der Waals surface area contributed by atoms with Crippen molar-refractivity contribution in [2.45, 2.75) is 25.8 Å². The number of likely N-dealkylation sites (N-methyl/N-ethyl adjacent to an activating group) is 1. The Morgan fingerprint density at radius 2 is 2.00 bits per heavy atom. The minimum absolute atomic E-state index is 0.0825. The summed E-state index contributed by atoms with van der Waals surface area (Å²) in [6.45, 7) is 2.16. The van der Waals surface area contributed by atoms with E-state index < -0.39 is 12.0 Å². The molecule has 84 valence electrons. The largest absolute Gasteiger partial charge is 0.480 e. The van der Waals surface area contributed by atoms with Crippen LogP contribution in [0.15, 0.2) is 0 Å². The lowest BCUT2D eigenvalue weighted by Gasteiger charge is -2.19. The van der Waals surface area contributed by atoms with Crippen LogP contribution in [0, 0.1) is 0 Å². The lowest BCUT2D eigenvalue weighted by molar-refractivity contribution is -0.143. The van der Waals surface area contributed by atoms with Gasteiger partial charge in [0, 0.05) is 12.8 Å². The molecule has 0 radical (unpaired) electrons. The van der Waals surface area contributed by atoms with E-state index in [0.29, 0.717) is 6.54 Å². The number of carboxylic acids is 1. The van der Waals surface area contributed by atoms with Crippen molar-refractivity contribution < 1.29 is 19.5 Å². The maximum atomic E-state index is 11.2. The van der Waals surface area contributed by atoms with Crippen molar-refractivity contribution in [1.29, 1.82) is 0 Å². The van der Waals surface area contributed by atoms with Gasteiger partial charge in [-0.05, 0) is 6.54 Å². The van der Waals surface area contributed by atoms with Crippen LogP contribution in [-0.2, 0) is 14.4 Å². The van der Waals surface area contributed by atoms with Gasteiger partial charge in [0.1, 0.15) is 6.04 Å². The summed E-state index contributed by atoms with van der Waals surface area (Å²) in [4.78, 5) is 34.3. The predicted molar refractivity (Wildman–Crippen MR) is 51.1 cm³/mol. The molecule has 1 heterocycles. The van der Waals surface area contributed by atoms with Gasteiger partial charge in [-0.1, -0.05) is 6.92 Å². The van der Waals surface area contributed by atoms with Gasteiger partial charge in [0.2, 0.25) is 11.8 Å². The molecule has 1 saturated heterocycles. The molecule has 1 aliphatic heterocycles. The minimum Gasteiger partial charge on any atom is -0.480 e. The van der Waals surface area contributed by atoms with Crippen LogP contribution in [-0.4, -0.2) is 46.9 Å². The van der Waals surface area contributed by atoms with Gasteiger partial charge in [-0.15, -0.1) is 0 Å². The lowest BCUT2D eigenvalue weighted by Crippen LogP contribution is -2.47. The molecular weight excluding hydrogens is 200 g/mol. The maximum Gasteiger partial charge on any atom is 0.322 e. The molecule has 0 aromatic rings. The summed E-state index contributed by atoms with van der Waals surface area (Å²) < 4.78 is 0. The third-order valence-electron chi connectivity index (χ3n) is 2.27. The molecule has 1 fully saturated rings. The number of hydrogen-bond acceptors (Lipinski definition) is 4. The monoisotopic (exact) mass is 214 g/mol. The van der Waals surface area contributed by atoms with Crippen LogP contribution in [0.2, 0.25) is 0 Å². The van der Waals surface area contributed by atoms with Crippen LogP contribution in [0.3, 0.4) is 0 Å². The molecule has 0 aromatic heterocycles. The first-order valence-corrected chi connectivity index (χ1v) is 4.85. The quantitative estimate of drug-likeness (QED) is 0.585. The molecule has 0 spiro atoms. The standard InChI is InChI=1S/C9H14N2O4/c1-2-10-6(9(14)15)5-11-7(12)3-4-8(11)13/h6,10H,2-5H2,1H3,(H,14,15). The van der Waals surface area contributed by atoms with E-state index in [9.17, 15) is 14.4 Å². The van der Waals surface area contributed by atoms with Gasteiger partial charge < -0.3 is 10.4 Å². The Bertz CT molecular complexity index is 274. The Kier molecular flexibility index (Phi) is 3.79. The molecule has 6 heteroatoms. The number of imide groups is 1. The summed E-state index contributed by atoms with van der Waals surface area (Å²) in [5, 5.41) is 11.5. The van der Waals surface area contributed by atoms with Gasteiger partial charge in [0.15, 0.2) is 0 Å². The fraction of sp³-hybridized carbons (Fsp3) is 0.667. The topological polar surface area (TPSA) is 86.7 Å². The summed E-state index contributed by atoms with van der Waals surface area (Å²) >= 11 is 0. The third-order valence-corrected chi connectivity index (χ3v) is 2.27. The number of hydrogen-bond donors (Lipinski definition) is 2. The number of aliphatic carboxylic acids is 1. The van der Waals surface area contributed by atoms with E-state index in [2.05, 4.69) is 5.32 Å². The molecule has 0 saturated carbocycles. The summed E-state index contributed by atoms with van der Waals surface area (Å²) in [6, 6.07) is -0.874. The first-order valence-electron chi connectivity index (χ1n) is 4.85. The van der Waals surface area contributed by atoms with Gasteiger partial charge in [0.25, 0.3) is 0 Å². The normalized spacial score (nSPS) is 18.3. The zero-order valence-corrected chi connectivity index (χ0v) is 8.52. The second-order valence-electron chi connectivity index (χ2n) is 3.35. The van der Waals surface area contributed by atoms with Crippen LogP contribution in [0.25, 0.3) is 0 Å². The number of carbonyl (C=O) groups is 3. The van der Waals surface area contributed by atoms with E-state index in [0.717, 1.165) is 4.90 Å². The number of amides is 2. The number of carboxylic acid groups (broad SMARTS) is 1. The van der Waals surface area contributed by atoms with Crippen molar-refractivity contribution in [2.75, 3.05) is 13.1 Å². The Hall–Kier alpha value is -1.43. The summed E-state index contributed by atoms with van der Waals surface area (Å²) in [7, 11) is 0. The lowest BCUT2D eigenvalue weighted by atomic mass is 10.2. The predicted octanol–water partition coefficient (Wildman–Crippen LogP) is -0.802. The van der Waals surface area contributed by atoms with E-state index >= 15 is 0 Å². The molecule has 1 atom stereocenters. The van der Waals surface area contributed by atoms with Gasteiger partial charge in [-0.2, -0.15) is 0 Å². The van der Waals surface area contributed by atoms with Crippen molar-refractivity contribution in [3.63, 3.8) is 0 Å². The van der Waals surface area contributed by atoms with Crippen molar-refractivity contribution >= 4 is 17.8 Å². The summed E-state index contributed by atoms with van der Waals surface area (Å²) in [5.41, 5.74) is 0. The molecule has 2 N–H and O–H groups in total. The molecule has 1 aliphatic rings. The highest BCUT2D eigenvalue weighted by atomic mass is 16.4. The van der Waals surface area contributed by atoms with Crippen molar-refractivity contribution in [3.05, 3.63) is 0 Å². The second-order valence-corrected chi connectivity index (χ2v) is 3.35. The third kappa shape index (κ3) is 2.76. The Balaban J connectivity index is 2.60. The van der Waals surface area contributed by atoms with Gasteiger partial charge >= 0.3 is 5.97 Å². The van der Waals surface area contributed by atoms with Crippen molar-refractivity contribution in [2.24, 2.45) is 0 Å². The first-order chi connectivity index (χ1) is 7.06. The van der Waals surface area contributed by atoms with Crippen LogP contribution in [0.1, 0.15) is 19.8 Å². The van der Waals surface area contributed by atoms with E-state index in [-0.39, 0.29) is 31.2 Å². The van der Waals surface area contributed by atoms with Crippen LogP contribution < -0.4 is 5.32 Å². The highest BCUT2D eigenvalue weighted by molar-refractivity contribution is 6.02. The van der Waals surface area contributed by atoms with E-state index in [1.54, 1.807) is 6.92 Å². The van der Waals surface area contributed by atoms with Crippen LogP contribution >= 0.6 is 0 Å². The minimum atomic E-state index is -1.05. The molecule has 2 amide bonds. The molecule has 0 aromatic carbocycles. The first kappa shape index (κ1) is 11.6. The summed E-state index contributed by atoms with van der Waals surface area (Å²) in [5.74, 6) is -1.63. The Labute approximate surface area is 87.2 Å². The SMILES string of the molecule is CCNC(CN1C(=O)CCC1=O)C(=O)O. The average molecular weight is 214 g/mol. The van der Waals surface area contributed by atoms with Gasteiger partial charge in [0.05, 0.1) is 6.54 Å². The molecule has 6 nitrogen and oxygen atoms in total. The van der Waals surface area contributed by atoms with E-state index in [1.165, 1.54) is 0 Å². The van der Waals surface area contributed by atoms with Crippen LogP contribution in [0.4, 0.5) is 0 Å². The fourth-order valence-corrected chi connectivity index (χ4v) is 1.49. The summed E-state index contributed by atoms with van der Waals surface area (Å²) in [6.07, 6.45) is 0.384. The van der Waals surface area contributed by atoms with E-state index in [4.69, 9.17) is 5.11 Å². The zero-order chi connectivity index (χ0) is 11.4. The Morgan fingerprint density at radius 3 is 2.40 bits per heavy atom. The van der Waals surface area contributed by atoms with E-state index in [1.807, 2.05) is 0 Å². The molecule has 15 heavy (non-hydrogen) atoms. The van der Waals surface area contributed by atoms with Crippen molar-refractivity contribution in [3.8, 4) is 0 Å². The van der Waals surface area contributed by atoms with Crippen LogP contribution in [0.5, 0.6) is 0 Å². The second kappa shape index (κ2) is 4.88. The number of rotatable bonds is 5. The molecular formula is C9H14N2O4. The Morgan fingerprint density at radius 1 is 1.47 bits per heavy atom. The molecule has 1 rings (SSSR count). The maximum absolute atomic E-state index is 11.2.